The highest BCUT2D eigenvalue weighted by Gasteiger charge is 2.27. The predicted octanol–water partition coefficient (Wildman–Crippen LogP) is 4.59. The number of benzene rings is 2. The van der Waals surface area contributed by atoms with Crippen LogP contribution in [0.1, 0.15) is 35.3 Å². The lowest BCUT2D eigenvalue weighted by molar-refractivity contribution is 0.103. The number of hydrogen-bond donors (Lipinski definition) is 2. The van der Waals surface area contributed by atoms with Gasteiger partial charge in [0.05, 0.1) is 25.3 Å². The van der Waals surface area contributed by atoms with Gasteiger partial charge in [0.2, 0.25) is 0 Å². The zero-order chi connectivity index (χ0) is 20.3. The van der Waals surface area contributed by atoms with E-state index in [0.717, 1.165) is 11.1 Å². The van der Waals surface area contributed by atoms with Gasteiger partial charge in [-0.1, -0.05) is 12.1 Å². The lowest BCUT2D eigenvalue weighted by atomic mass is 9.97. The van der Waals surface area contributed by atoms with E-state index in [9.17, 15) is 10.0 Å². The van der Waals surface area contributed by atoms with Crippen LogP contribution in [0, 0.1) is 0 Å². The number of anilines is 1. The van der Waals surface area contributed by atoms with Crippen molar-refractivity contribution in [3.05, 3.63) is 59.2 Å². The van der Waals surface area contributed by atoms with Gasteiger partial charge in [-0.05, 0) is 61.9 Å². The molecule has 0 saturated heterocycles. The van der Waals surface area contributed by atoms with Crippen molar-refractivity contribution in [3.8, 4) is 17.2 Å². The highest BCUT2D eigenvalue weighted by atomic mass is 16.5. The summed E-state index contributed by atoms with van der Waals surface area (Å²) in [6.07, 6.45) is 6.99. The molecule has 0 amide bonds. The maximum absolute atomic E-state index is 12.9. The highest BCUT2D eigenvalue weighted by Crippen LogP contribution is 2.40. The average molecular weight is 381 g/mol. The molecular formula is C22H23NO5. The van der Waals surface area contributed by atoms with Crippen LogP contribution in [0.15, 0.2) is 42.5 Å². The first kappa shape index (κ1) is 19.5. The summed E-state index contributed by atoms with van der Waals surface area (Å²) in [6, 6.07) is 8.62. The van der Waals surface area contributed by atoms with Crippen LogP contribution in [-0.2, 0) is 0 Å². The maximum Gasteiger partial charge on any atom is 0.189 e. The maximum atomic E-state index is 12.9. The molecule has 0 fully saturated rings. The smallest absolute Gasteiger partial charge is 0.189 e. The summed E-state index contributed by atoms with van der Waals surface area (Å²) in [5, 5.41) is 9.20. The number of methoxy groups -OCH3 is 2. The second-order valence-electron chi connectivity index (χ2n) is 6.87. The van der Waals surface area contributed by atoms with E-state index in [-0.39, 0.29) is 5.78 Å². The molecule has 2 N–H and O–H groups in total. The van der Waals surface area contributed by atoms with Crippen LogP contribution in [0.3, 0.4) is 0 Å². The van der Waals surface area contributed by atoms with Gasteiger partial charge in [0.25, 0.3) is 0 Å². The third-order valence-corrected chi connectivity index (χ3v) is 4.43. The molecule has 2 aromatic carbocycles. The molecule has 0 aromatic heterocycles. The number of allylic oxidation sites excluding steroid dienone is 1. The fourth-order valence-corrected chi connectivity index (χ4v) is 2.98. The second-order valence-corrected chi connectivity index (χ2v) is 6.87. The SMILES string of the molecule is COc1ccc(C=CC(=O)c2ccc(OC)c3c2OC(C)(C)C=C3)cc1NO. The summed E-state index contributed by atoms with van der Waals surface area (Å²) in [4.78, 5) is 12.9. The molecule has 0 radical (unpaired) electrons. The minimum atomic E-state index is -0.518. The largest absolute Gasteiger partial charge is 0.496 e. The number of carbonyl (C=O) groups is 1. The van der Waals surface area contributed by atoms with Gasteiger partial charge in [0, 0.05) is 0 Å². The van der Waals surface area contributed by atoms with Gasteiger partial charge in [-0.25, -0.2) is 0 Å². The Kier molecular flexibility index (Phi) is 5.42. The number of rotatable bonds is 6. The predicted molar refractivity (Wildman–Crippen MR) is 109 cm³/mol. The quantitative estimate of drug-likeness (QED) is 0.433. The van der Waals surface area contributed by atoms with E-state index in [1.807, 2.05) is 26.0 Å². The van der Waals surface area contributed by atoms with Gasteiger partial charge in [-0.15, -0.1) is 0 Å². The fraction of sp³-hybridized carbons (Fsp3) is 0.227. The second kappa shape index (κ2) is 7.78. The van der Waals surface area contributed by atoms with Crippen molar-refractivity contribution in [1.82, 2.24) is 0 Å². The molecule has 1 aliphatic heterocycles. The summed E-state index contributed by atoms with van der Waals surface area (Å²) in [5.74, 6) is 1.46. The van der Waals surface area contributed by atoms with Crippen LogP contribution in [0.4, 0.5) is 5.69 Å². The van der Waals surface area contributed by atoms with Crippen LogP contribution in [0.2, 0.25) is 0 Å². The molecule has 0 unspecified atom stereocenters. The summed E-state index contributed by atoms with van der Waals surface area (Å²) in [5.41, 5.74) is 3.91. The van der Waals surface area contributed by atoms with Crippen LogP contribution in [0.5, 0.6) is 17.2 Å². The molecule has 1 aliphatic rings. The molecule has 0 aliphatic carbocycles. The Hall–Kier alpha value is -3.25. The number of ether oxygens (including phenoxy) is 3. The molecule has 0 atom stereocenters. The zero-order valence-electron chi connectivity index (χ0n) is 16.3. The van der Waals surface area contributed by atoms with Crippen molar-refractivity contribution in [2.75, 3.05) is 19.7 Å². The van der Waals surface area contributed by atoms with E-state index in [1.165, 1.54) is 13.2 Å². The van der Waals surface area contributed by atoms with Gasteiger partial charge in [-0.2, -0.15) is 0 Å². The number of carbonyl (C=O) groups excluding carboxylic acids is 1. The van der Waals surface area contributed by atoms with Gasteiger partial charge >= 0.3 is 0 Å². The molecule has 0 bridgehead atoms. The molecule has 6 heteroatoms. The van der Waals surface area contributed by atoms with E-state index >= 15 is 0 Å². The van der Waals surface area contributed by atoms with Crippen LogP contribution in [-0.4, -0.2) is 30.8 Å². The molecule has 2 aromatic rings. The lowest BCUT2D eigenvalue weighted by Gasteiger charge is -2.29. The van der Waals surface area contributed by atoms with Crippen LogP contribution in [0.25, 0.3) is 12.2 Å². The fourth-order valence-electron chi connectivity index (χ4n) is 2.98. The first-order valence-corrected chi connectivity index (χ1v) is 8.78. The zero-order valence-corrected chi connectivity index (χ0v) is 16.3. The lowest BCUT2D eigenvalue weighted by Crippen LogP contribution is -2.28. The summed E-state index contributed by atoms with van der Waals surface area (Å²) in [7, 11) is 3.10. The Morgan fingerprint density at radius 3 is 2.54 bits per heavy atom. The highest BCUT2D eigenvalue weighted by molar-refractivity contribution is 6.09. The van der Waals surface area contributed by atoms with Crippen molar-refractivity contribution in [3.63, 3.8) is 0 Å². The Labute approximate surface area is 164 Å². The molecule has 6 nitrogen and oxygen atoms in total. The van der Waals surface area contributed by atoms with Crippen molar-refractivity contribution < 1.29 is 24.2 Å². The average Bonchev–Trinajstić information content (AvgIpc) is 2.70. The first-order valence-electron chi connectivity index (χ1n) is 8.78. The molecular weight excluding hydrogens is 358 g/mol. The molecule has 0 saturated carbocycles. The van der Waals surface area contributed by atoms with Crippen molar-refractivity contribution in [1.29, 1.82) is 0 Å². The van der Waals surface area contributed by atoms with E-state index in [4.69, 9.17) is 14.2 Å². The van der Waals surface area contributed by atoms with Crippen molar-refractivity contribution in [2.24, 2.45) is 0 Å². The van der Waals surface area contributed by atoms with E-state index in [0.29, 0.717) is 28.5 Å². The normalized spacial score (nSPS) is 14.3. The monoisotopic (exact) mass is 381 g/mol. The third-order valence-electron chi connectivity index (χ3n) is 4.43. The number of fused-ring (bicyclic) bond motifs is 1. The van der Waals surface area contributed by atoms with Crippen LogP contribution >= 0.6 is 0 Å². The van der Waals surface area contributed by atoms with Gasteiger partial charge in [-0.3, -0.25) is 15.5 Å². The Morgan fingerprint density at radius 2 is 1.86 bits per heavy atom. The first-order chi connectivity index (χ1) is 13.4. The van der Waals surface area contributed by atoms with Crippen LogP contribution < -0.4 is 19.7 Å². The van der Waals surface area contributed by atoms with Gasteiger partial charge < -0.3 is 14.2 Å². The Morgan fingerprint density at radius 1 is 1.14 bits per heavy atom. The number of ketones is 1. The Bertz CT molecular complexity index is 960. The van der Waals surface area contributed by atoms with E-state index < -0.39 is 5.60 Å². The Balaban J connectivity index is 1.94. The standard InChI is InChI=1S/C22H23NO5/c1-22(2)12-11-16-19(26-3)10-7-15(21(16)28-22)18(24)8-5-14-6-9-20(27-4)17(13-14)23-25/h5-13,23,25H,1-4H3. The minimum Gasteiger partial charge on any atom is -0.496 e. The summed E-state index contributed by atoms with van der Waals surface area (Å²) >= 11 is 0. The molecule has 3 rings (SSSR count). The van der Waals surface area contributed by atoms with E-state index in [1.54, 1.807) is 43.5 Å². The summed E-state index contributed by atoms with van der Waals surface area (Å²) in [6.45, 7) is 3.85. The topological polar surface area (TPSA) is 77.0 Å². The van der Waals surface area contributed by atoms with Crippen molar-refractivity contribution >= 4 is 23.6 Å². The molecule has 0 spiro atoms. The summed E-state index contributed by atoms with van der Waals surface area (Å²) < 4.78 is 16.6. The third kappa shape index (κ3) is 3.87. The van der Waals surface area contributed by atoms with Crippen molar-refractivity contribution in [2.45, 2.75) is 19.4 Å². The van der Waals surface area contributed by atoms with Gasteiger partial charge in [0.1, 0.15) is 28.5 Å². The molecule has 1 heterocycles. The molecule has 28 heavy (non-hydrogen) atoms. The number of nitrogens with one attached hydrogen (secondary N) is 1. The van der Waals surface area contributed by atoms with E-state index in [2.05, 4.69) is 5.48 Å². The van der Waals surface area contributed by atoms with Gasteiger partial charge in [0.15, 0.2) is 5.78 Å². The minimum absolute atomic E-state index is 0.195. The number of hydrogen-bond acceptors (Lipinski definition) is 6. The molecule has 146 valence electrons.